The quantitative estimate of drug-likeness (QED) is 0.511. The Hall–Kier alpha value is -0.200. The topological polar surface area (TPSA) is 46.2 Å². The molecule has 2 heterocycles. The van der Waals surface area contributed by atoms with Crippen LogP contribution in [0.15, 0.2) is 0 Å². The molecule has 2 rings (SSSR count). The highest BCUT2D eigenvalue weighted by Crippen LogP contribution is 2.14. The molecule has 0 spiro atoms. The summed E-state index contributed by atoms with van der Waals surface area (Å²) in [5.41, 5.74) is 0. The van der Waals surface area contributed by atoms with Crippen LogP contribution in [0.3, 0.4) is 0 Å². The lowest BCUT2D eigenvalue weighted by molar-refractivity contribution is -0.163. The van der Waals surface area contributed by atoms with Gasteiger partial charge in [-0.15, -0.1) is 0 Å². The van der Waals surface area contributed by atoms with E-state index in [2.05, 4.69) is 0 Å². The van der Waals surface area contributed by atoms with E-state index in [0.29, 0.717) is 0 Å². The first-order valence-electron chi connectivity index (χ1n) is 9.49. The zero-order valence-electron chi connectivity index (χ0n) is 14.5. The third-order valence-electron chi connectivity index (χ3n) is 4.25. The van der Waals surface area contributed by atoms with E-state index in [1.165, 1.54) is 25.7 Å². The second-order valence-electron chi connectivity index (χ2n) is 6.36. The van der Waals surface area contributed by atoms with Gasteiger partial charge in [0.15, 0.2) is 12.6 Å². The van der Waals surface area contributed by atoms with Gasteiger partial charge in [-0.05, 0) is 64.2 Å². The summed E-state index contributed by atoms with van der Waals surface area (Å²) in [6.07, 6.45) is 11.2. The second-order valence-corrected chi connectivity index (χ2v) is 6.36. The summed E-state index contributed by atoms with van der Waals surface area (Å²) < 4.78 is 28.1. The fourth-order valence-corrected chi connectivity index (χ4v) is 2.83. The number of ether oxygens (including phenoxy) is 5. The number of hydrogen-bond donors (Lipinski definition) is 0. The van der Waals surface area contributed by atoms with Gasteiger partial charge >= 0.3 is 0 Å². The normalized spacial score (nSPS) is 25.6. The third-order valence-corrected chi connectivity index (χ3v) is 4.25. The minimum Gasteiger partial charge on any atom is -0.381 e. The molecular formula is C18H34O5. The Labute approximate surface area is 140 Å². The molecule has 0 aromatic rings. The van der Waals surface area contributed by atoms with Gasteiger partial charge in [0.05, 0.1) is 0 Å². The van der Waals surface area contributed by atoms with Gasteiger partial charge in [-0.3, -0.25) is 0 Å². The highest BCUT2D eigenvalue weighted by molar-refractivity contribution is 4.55. The molecule has 0 aromatic carbocycles. The van der Waals surface area contributed by atoms with Crippen molar-refractivity contribution in [2.45, 2.75) is 76.8 Å². The molecule has 0 bridgehead atoms. The molecule has 5 nitrogen and oxygen atoms in total. The van der Waals surface area contributed by atoms with Crippen LogP contribution >= 0.6 is 0 Å². The summed E-state index contributed by atoms with van der Waals surface area (Å²) in [5, 5.41) is 0. The van der Waals surface area contributed by atoms with Gasteiger partial charge in [0.25, 0.3) is 0 Å². The predicted octanol–water partition coefficient (Wildman–Crippen LogP) is 3.65. The standard InChI is InChI=1S/C18H34O5/c1-3-13-20-17(9-1)22-15-7-5-11-19-12-6-8-16-23-18-10-2-4-14-21-18/h17-18H,1-16H2. The molecule has 0 amide bonds. The lowest BCUT2D eigenvalue weighted by Gasteiger charge is -2.22. The third kappa shape index (κ3) is 9.62. The molecule has 0 aliphatic carbocycles. The van der Waals surface area contributed by atoms with E-state index in [1.807, 2.05) is 0 Å². The Bertz CT molecular complexity index is 236. The molecule has 2 saturated heterocycles. The van der Waals surface area contributed by atoms with Gasteiger partial charge in [-0.1, -0.05) is 0 Å². The summed E-state index contributed by atoms with van der Waals surface area (Å²) in [6.45, 7) is 4.91. The fourth-order valence-electron chi connectivity index (χ4n) is 2.83. The van der Waals surface area contributed by atoms with Gasteiger partial charge in [-0.2, -0.15) is 0 Å². The average molecular weight is 330 g/mol. The summed E-state index contributed by atoms with van der Waals surface area (Å²) in [5.74, 6) is 0. The average Bonchev–Trinajstić information content (AvgIpc) is 2.61. The summed E-state index contributed by atoms with van der Waals surface area (Å²) in [7, 11) is 0. The van der Waals surface area contributed by atoms with Crippen LogP contribution in [0.4, 0.5) is 0 Å². The Morgan fingerprint density at radius 2 is 1.09 bits per heavy atom. The van der Waals surface area contributed by atoms with Crippen LogP contribution in [0.1, 0.15) is 64.2 Å². The maximum absolute atomic E-state index is 5.69. The van der Waals surface area contributed by atoms with Crippen LogP contribution < -0.4 is 0 Å². The van der Waals surface area contributed by atoms with Crippen LogP contribution in [0, 0.1) is 0 Å². The summed E-state index contributed by atoms with van der Waals surface area (Å²) in [4.78, 5) is 0. The zero-order chi connectivity index (χ0) is 16.0. The van der Waals surface area contributed by atoms with Crippen molar-refractivity contribution in [3.63, 3.8) is 0 Å². The first-order chi connectivity index (χ1) is 11.4. The van der Waals surface area contributed by atoms with Crippen LogP contribution in [-0.4, -0.2) is 52.2 Å². The fraction of sp³-hybridized carbons (Fsp3) is 1.00. The van der Waals surface area contributed by atoms with Crippen molar-refractivity contribution in [3.8, 4) is 0 Å². The molecular weight excluding hydrogens is 296 g/mol. The lowest BCUT2D eigenvalue weighted by Crippen LogP contribution is -2.22. The highest BCUT2D eigenvalue weighted by atomic mass is 16.7. The van der Waals surface area contributed by atoms with Crippen LogP contribution in [-0.2, 0) is 23.7 Å². The van der Waals surface area contributed by atoms with E-state index in [4.69, 9.17) is 23.7 Å². The van der Waals surface area contributed by atoms with Crippen LogP contribution in [0.2, 0.25) is 0 Å². The molecule has 2 atom stereocenters. The van der Waals surface area contributed by atoms with Crippen molar-refractivity contribution < 1.29 is 23.7 Å². The zero-order valence-corrected chi connectivity index (χ0v) is 14.5. The number of hydrogen-bond acceptors (Lipinski definition) is 5. The smallest absolute Gasteiger partial charge is 0.157 e. The number of unbranched alkanes of at least 4 members (excludes halogenated alkanes) is 2. The SMILES string of the molecule is C(CCOC1CCCCO1)COCCCCOC1CCCCO1. The second kappa shape index (κ2) is 13.1. The largest absolute Gasteiger partial charge is 0.381 e. The van der Waals surface area contributed by atoms with E-state index in [0.717, 1.165) is 78.2 Å². The maximum atomic E-state index is 5.69. The summed E-state index contributed by atoms with van der Waals surface area (Å²) in [6, 6.07) is 0. The molecule has 2 fully saturated rings. The van der Waals surface area contributed by atoms with Gasteiger partial charge in [-0.25, -0.2) is 0 Å². The van der Waals surface area contributed by atoms with Crippen molar-refractivity contribution in [1.29, 1.82) is 0 Å². The maximum Gasteiger partial charge on any atom is 0.157 e. The molecule has 2 unspecified atom stereocenters. The van der Waals surface area contributed by atoms with Crippen molar-refractivity contribution in [2.75, 3.05) is 39.6 Å². The molecule has 0 radical (unpaired) electrons. The Balaban J connectivity index is 1.26. The molecule has 2 aliphatic rings. The van der Waals surface area contributed by atoms with E-state index >= 15 is 0 Å². The first-order valence-corrected chi connectivity index (χ1v) is 9.49. The molecule has 136 valence electrons. The monoisotopic (exact) mass is 330 g/mol. The lowest BCUT2D eigenvalue weighted by atomic mass is 10.2. The number of rotatable bonds is 12. The van der Waals surface area contributed by atoms with E-state index in [-0.39, 0.29) is 12.6 Å². The first kappa shape index (κ1) is 19.1. The van der Waals surface area contributed by atoms with E-state index in [9.17, 15) is 0 Å². The molecule has 0 aromatic heterocycles. The van der Waals surface area contributed by atoms with Crippen molar-refractivity contribution in [2.24, 2.45) is 0 Å². The predicted molar refractivity (Wildman–Crippen MR) is 88.4 cm³/mol. The van der Waals surface area contributed by atoms with E-state index in [1.54, 1.807) is 0 Å². The molecule has 0 N–H and O–H groups in total. The van der Waals surface area contributed by atoms with Crippen LogP contribution in [0.25, 0.3) is 0 Å². The Morgan fingerprint density at radius 3 is 1.52 bits per heavy atom. The Kier molecular flexibility index (Phi) is 10.9. The van der Waals surface area contributed by atoms with Gasteiger partial charge < -0.3 is 23.7 Å². The molecule has 23 heavy (non-hydrogen) atoms. The molecule has 2 aliphatic heterocycles. The minimum atomic E-state index is 0.0396. The van der Waals surface area contributed by atoms with Gasteiger partial charge in [0.1, 0.15) is 0 Å². The molecule has 0 saturated carbocycles. The highest BCUT2D eigenvalue weighted by Gasteiger charge is 2.14. The van der Waals surface area contributed by atoms with Gasteiger partial charge in [0.2, 0.25) is 0 Å². The van der Waals surface area contributed by atoms with Crippen molar-refractivity contribution >= 4 is 0 Å². The Morgan fingerprint density at radius 1 is 0.609 bits per heavy atom. The van der Waals surface area contributed by atoms with Crippen LogP contribution in [0.5, 0.6) is 0 Å². The summed E-state index contributed by atoms with van der Waals surface area (Å²) >= 11 is 0. The minimum absolute atomic E-state index is 0.0396. The van der Waals surface area contributed by atoms with E-state index < -0.39 is 0 Å². The van der Waals surface area contributed by atoms with Gasteiger partial charge in [0, 0.05) is 39.6 Å². The van der Waals surface area contributed by atoms with Crippen molar-refractivity contribution in [1.82, 2.24) is 0 Å². The molecule has 5 heteroatoms. The van der Waals surface area contributed by atoms with Crippen molar-refractivity contribution in [3.05, 3.63) is 0 Å².